The molecule has 0 fully saturated rings. The van der Waals surface area contributed by atoms with Crippen LogP contribution in [0.25, 0.3) is 0 Å². The summed E-state index contributed by atoms with van der Waals surface area (Å²) in [6.45, 7) is 17.6. The largest absolute Gasteiger partial charge is 0.544 e. The summed E-state index contributed by atoms with van der Waals surface area (Å²) in [5.74, 6) is 1.90. The lowest BCUT2D eigenvalue weighted by Gasteiger charge is -2.29. The second-order valence-corrected chi connectivity index (χ2v) is 13.3. The first-order chi connectivity index (χ1) is 12.0. The van der Waals surface area contributed by atoms with Crippen LogP contribution >= 0.6 is 0 Å². The number of hydrogen-bond donors (Lipinski definition) is 0. The van der Waals surface area contributed by atoms with E-state index in [1.807, 2.05) is 13.8 Å². The van der Waals surface area contributed by atoms with Crippen molar-refractivity contribution < 1.29 is 9.16 Å². The van der Waals surface area contributed by atoms with Crippen molar-refractivity contribution >= 4 is 8.32 Å². The molecule has 0 saturated heterocycles. The lowest BCUT2D eigenvalue weighted by atomic mass is 9.78. The Hall–Kier alpha value is -1.74. The third-order valence-electron chi connectivity index (χ3n) is 5.30. The van der Waals surface area contributed by atoms with Gasteiger partial charge in [-0.15, -0.1) is 0 Å². The summed E-state index contributed by atoms with van der Waals surface area (Å²) in [7, 11) is -1.68. The van der Waals surface area contributed by atoms with Gasteiger partial charge >= 0.3 is 0 Å². The van der Waals surface area contributed by atoms with E-state index >= 15 is 0 Å². The van der Waals surface area contributed by atoms with Crippen LogP contribution in [0.15, 0.2) is 48.5 Å². The van der Waals surface area contributed by atoms with Gasteiger partial charge in [0.2, 0.25) is 8.32 Å². The standard InChI is InChI=1S/C23H34O2Si/c1-17(2)24-21-13-9-19(10-14-21)23(5,6)20-11-15-22(16-12-20)25-26(7,8)18(3)4/h9-18H,1-8H3. The van der Waals surface area contributed by atoms with Gasteiger partial charge in [0.05, 0.1) is 6.10 Å². The molecule has 0 radical (unpaired) electrons. The molecule has 0 atom stereocenters. The van der Waals surface area contributed by atoms with Crippen molar-refractivity contribution in [3.63, 3.8) is 0 Å². The fourth-order valence-electron chi connectivity index (χ4n) is 2.75. The van der Waals surface area contributed by atoms with Gasteiger partial charge in [0.25, 0.3) is 0 Å². The molecular weight excluding hydrogens is 336 g/mol. The fraction of sp³-hybridized carbons (Fsp3) is 0.478. The maximum absolute atomic E-state index is 6.31. The van der Waals surface area contributed by atoms with E-state index in [-0.39, 0.29) is 11.5 Å². The summed E-state index contributed by atoms with van der Waals surface area (Å²) in [4.78, 5) is 0. The van der Waals surface area contributed by atoms with Gasteiger partial charge in [-0.1, -0.05) is 52.0 Å². The van der Waals surface area contributed by atoms with Crippen LogP contribution in [0.1, 0.15) is 52.7 Å². The fourth-order valence-corrected chi connectivity index (χ4v) is 3.73. The van der Waals surface area contributed by atoms with Crippen LogP contribution in [0, 0.1) is 0 Å². The van der Waals surface area contributed by atoms with Crippen molar-refractivity contribution in [3.8, 4) is 11.5 Å². The highest BCUT2D eigenvalue weighted by molar-refractivity contribution is 6.73. The van der Waals surface area contributed by atoms with E-state index < -0.39 is 8.32 Å². The molecule has 0 saturated carbocycles. The number of ether oxygens (including phenoxy) is 1. The molecule has 142 valence electrons. The summed E-state index contributed by atoms with van der Waals surface area (Å²) < 4.78 is 12.1. The summed E-state index contributed by atoms with van der Waals surface area (Å²) in [6, 6.07) is 17.1. The monoisotopic (exact) mass is 370 g/mol. The summed E-state index contributed by atoms with van der Waals surface area (Å²) >= 11 is 0. The second-order valence-electron chi connectivity index (χ2n) is 8.70. The Labute approximate surface area is 160 Å². The molecular formula is C23H34O2Si. The van der Waals surface area contributed by atoms with Gasteiger partial charge in [-0.3, -0.25) is 0 Å². The summed E-state index contributed by atoms with van der Waals surface area (Å²) in [6.07, 6.45) is 0.194. The van der Waals surface area contributed by atoms with Crippen molar-refractivity contribution in [2.24, 2.45) is 0 Å². The van der Waals surface area contributed by atoms with E-state index in [0.29, 0.717) is 5.54 Å². The van der Waals surface area contributed by atoms with Gasteiger partial charge in [-0.05, 0) is 67.9 Å². The first-order valence-corrected chi connectivity index (χ1v) is 12.6. The van der Waals surface area contributed by atoms with E-state index in [1.165, 1.54) is 11.1 Å². The van der Waals surface area contributed by atoms with Gasteiger partial charge < -0.3 is 9.16 Å². The molecule has 0 aliphatic rings. The van der Waals surface area contributed by atoms with Crippen LogP contribution in [-0.4, -0.2) is 14.4 Å². The first kappa shape index (κ1) is 20.6. The van der Waals surface area contributed by atoms with Crippen LogP contribution in [-0.2, 0) is 5.41 Å². The average Bonchev–Trinajstić information content (AvgIpc) is 2.55. The quantitative estimate of drug-likeness (QED) is 0.499. The normalized spacial score (nSPS) is 12.5. The Balaban J connectivity index is 2.18. The average molecular weight is 371 g/mol. The zero-order chi connectivity index (χ0) is 19.5. The van der Waals surface area contributed by atoms with Crippen LogP contribution in [0.2, 0.25) is 18.6 Å². The van der Waals surface area contributed by atoms with Gasteiger partial charge in [0.1, 0.15) is 11.5 Å². The Morgan fingerprint density at radius 3 is 1.54 bits per heavy atom. The van der Waals surface area contributed by atoms with Crippen LogP contribution in [0.4, 0.5) is 0 Å². The van der Waals surface area contributed by atoms with Crippen molar-refractivity contribution in [2.75, 3.05) is 0 Å². The highest BCUT2D eigenvalue weighted by Crippen LogP contribution is 2.34. The van der Waals surface area contributed by atoms with Crippen molar-refractivity contribution in [2.45, 2.75) is 71.7 Å². The maximum atomic E-state index is 6.31. The highest BCUT2D eigenvalue weighted by Gasteiger charge is 2.29. The summed E-state index contributed by atoms with van der Waals surface area (Å²) in [5, 5.41) is 0. The molecule has 0 amide bonds. The molecule has 0 aliphatic heterocycles. The van der Waals surface area contributed by atoms with E-state index in [1.54, 1.807) is 0 Å². The minimum absolute atomic E-state index is 0.0696. The molecule has 2 rings (SSSR count). The Kier molecular flexibility index (Phi) is 6.23. The first-order valence-electron chi connectivity index (χ1n) is 9.59. The predicted octanol–water partition coefficient (Wildman–Crippen LogP) is 6.79. The second kappa shape index (κ2) is 7.87. The van der Waals surface area contributed by atoms with E-state index in [0.717, 1.165) is 11.5 Å². The number of benzene rings is 2. The molecule has 3 heteroatoms. The van der Waals surface area contributed by atoms with E-state index in [2.05, 4.69) is 89.3 Å². The molecule has 0 aliphatic carbocycles. The minimum atomic E-state index is -1.68. The molecule has 0 bridgehead atoms. The molecule has 2 aromatic rings. The number of hydrogen-bond acceptors (Lipinski definition) is 2. The van der Waals surface area contributed by atoms with Crippen LogP contribution in [0.3, 0.4) is 0 Å². The molecule has 2 aromatic carbocycles. The lowest BCUT2D eigenvalue weighted by molar-refractivity contribution is 0.242. The predicted molar refractivity (Wildman–Crippen MR) is 114 cm³/mol. The molecule has 2 nitrogen and oxygen atoms in total. The molecule has 0 aromatic heterocycles. The Morgan fingerprint density at radius 2 is 1.15 bits per heavy atom. The molecule has 0 heterocycles. The smallest absolute Gasteiger partial charge is 0.247 e. The minimum Gasteiger partial charge on any atom is -0.544 e. The van der Waals surface area contributed by atoms with Crippen molar-refractivity contribution in [3.05, 3.63) is 59.7 Å². The van der Waals surface area contributed by atoms with Crippen molar-refractivity contribution in [1.82, 2.24) is 0 Å². The lowest BCUT2D eigenvalue weighted by Crippen LogP contribution is -2.37. The number of rotatable bonds is 7. The van der Waals surface area contributed by atoms with Gasteiger partial charge in [-0.2, -0.15) is 0 Å². The highest BCUT2D eigenvalue weighted by atomic mass is 28.4. The maximum Gasteiger partial charge on any atom is 0.247 e. The molecule has 0 N–H and O–H groups in total. The van der Waals surface area contributed by atoms with Crippen molar-refractivity contribution in [1.29, 1.82) is 0 Å². The van der Waals surface area contributed by atoms with E-state index in [9.17, 15) is 0 Å². The van der Waals surface area contributed by atoms with Gasteiger partial charge in [0.15, 0.2) is 0 Å². The Morgan fingerprint density at radius 1 is 0.731 bits per heavy atom. The zero-order valence-corrected chi connectivity index (χ0v) is 18.6. The third kappa shape index (κ3) is 4.91. The SMILES string of the molecule is CC(C)Oc1ccc(C(C)(C)c2ccc(O[Si](C)(C)C(C)C)cc2)cc1. The molecule has 0 unspecified atom stereocenters. The van der Waals surface area contributed by atoms with E-state index in [4.69, 9.17) is 9.16 Å². The molecule has 26 heavy (non-hydrogen) atoms. The van der Waals surface area contributed by atoms with Crippen LogP contribution in [0.5, 0.6) is 11.5 Å². The zero-order valence-electron chi connectivity index (χ0n) is 17.6. The topological polar surface area (TPSA) is 18.5 Å². The van der Waals surface area contributed by atoms with Gasteiger partial charge in [0, 0.05) is 5.41 Å². The Bertz CT molecular complexity index is 698. The molecule has 0 spiro atoms. The van der Waals surface area contributed by atoms with Gasteiger partial charge in [-0.25, -0.2) is 0 Å². The summed E-state index contributed by atoms with van der Waals surface area (Å²) in [5.41, 5.74) is 3.08. The third-order valence-corrected chi connectivity index (χ3v) is 8.84. The van der Waals surface area contributed by atoms with Crippen LogP contribution < -0.4 is 9.16 Å².